The van der Waals surface area contributed by atoms with Gasteiger partial charge in [0.05, 0.1) is 44.2 Å². The Labute approximate surface area is 267 Å². The Bertz CT molecular complexity index is 3090. The number of aromatic hydroxyl groups is 1. The van der Waals surface area contributed by atoms with Crippen LogP contribution >= 0.6 is 0 Å². The molecule has 0 radical (unpaired) electrons. The Morgan fingerprint density at radius 3 is 2.00 bits per heavy atom. The van der Waals surface area contributed by atoms with E-state index in [1.54, 1.807) is 6.07 Å². The van der Waals surface area contributed by atoms with Crippen molar-refractivity contribution in [1.29, 1.82) is 0 Å². The van der Waals surface area contributed by atoms with Gasteiger partial charge < -0.3 is 9.51 Å². The fourth-order valence-electron chi connectivity index (χ4n) is 7.97. The van der Waals surface area contributed by atoms with Crippen molar-refractivity contribution in [2.45, 2.75) is 0 Å². The molecule has 0 unspecified atom stereocenters. The highest BCUT2D eigenvalue weighted by atomic mass is 16.3. The van der Waals surface area contributed by atoms with E-state index in [-0.39, 0.29) is 5.75 Å². The Morgan fingerprint density at radius 1 is 0.489 bits per heavy atom. The van der Waals surface area contributed by atoms with Crippen LogP contribution in [0.25, 0.3) is 98.8 Å². The lowest BCUT2D eigenvalue weighted by Crippen LogP contribution is -1.91. The molecule has 218 valence electrons. The van der Waals surface area contributed by atoms with Gasteiger partial charge in [-0.2, -0.15) is 0 Å². The molecule has 1 N–H and O–H groups in total. The van der Waals surface area contributed by atoms with E-state index < -0.39 is 0 Å². The molecular formula is C42H24N4O. The first-order valence-electron chi connectivity index (χ1n) is 15.8. The fraction of sp³-hybridized carbons (Fsp3) is 0. The largest absolute Gasteiger partial charge is 0.507 e. The minimum absolute atomic E-state index is 0.231. The van der Waals surface area contributed by atoms with E-state index in [4.69, 9.17) is 9.97 Å². The van der Waals surface area contributed by atoms with Crippen LogP contribution in [0.2, 0.25) is 0 Å². The highest BCUT2D eigenvalue weighted by molar-refractivity contribution is 6.23. The Kier molecular flexibility index (Phi) is 4.66. The minimum Gasteiger partial charge on any atom is -0.507 e. The molecule has 0 saturated carbocycles. The van der Waals surface area contributed by atoms with E-state index in [0.717, 1.165) is 71.6 Å². The van der Waals surface area contributed by atoms with Crippen LogP contribution in [0.5, 0.6) is 5.75 Å². The third-order valence-electron chi connectivity index (χ3n) is 9.96. The van der Waals surface area contributed by atoms with Gasteiger partial charge in [0.25, 0.3) is 0 Å². The summed E-state index contributed by atoms with van der Waals surface area (Å²) in [6, 6.07) is 46.4. The number of benzene rings is 6. The molecule has 5 aromatic heterocycles. The standard InChI is InChI=1S/C42H24N4O/c47-38-20-8-14-29-27-11-1-4-18-35(27)46-36-19-7-13-26(40(36)44-42(46)39(29)38)24-9-5-10-25(21-24)33-22-37-32(23-43-33)31-16-6-15-30-28-12-2-3-17-34(28)45(37)41(30)31/h1-23,47H. The number of hydrogen-bond acceptors (Lipinski definition) is 3. The van der Waals surface area contributed by atoms with Gasteiger partial charge >= 0.3 is 0 Å². The van der Waals surface area contributed by atoms with Crippen LogP contribution in [0.3, 0.4) is 0 Å². The number of phenolic OH excluding ortho intramolecular Hbond substituents is 1. The smallest absolute Gasteiger partial charge is 0.150 e. The molecule has 11 aromatic rings. The van der Waals surface area contributed by atoms with Crippen LogP contribution in [0.4, 0.5) is 0 Å². The first kappa shape index (κ1) is 24.8. The lowest BCUT2D eigenvalue weighted by Gasteiger charge is -2.10. The number of aromatic nitrogens is 4. The first-order valence-corrected chi connectivity index (χ1v) is 15.8. The van der Waals surface area contributed by atoms with Crippen molar-refractivity contribution < 1.29 is 5.11 Å². The Morgan fingerprint density at radius 2 is 1.13 bits per heavy atom. The van der Waals surface area contributed by atoms with E-state index >= 15 is 0 Å². The van der Waals surface area contributed by atoms with Crippen molar-refractivity contribution in [2.24, 2.45) is 0 Å². The molecule has 6 aromatic carbocycles. The number of pyridine rings is 2. The number of fused-ring (bicyclic) bond motifs is 14. The van der Waals surface area contributed by atoms with Crippen molar-refractivity contribution in [3.8, 4) is 28.1 Å². The summed E-state index contributed by atoms with van der Waals surface area (Å²) < 4.78 is 4.58. The van der Waals surface area contributed by atoms with Crippen LogP contribution in [-0.2, 0) is 0 Å². The molecule has 0 atom stereocenters. The monoisotopic (exact) mass is 600 g/mol. The summed E-state index contributed by atoms with van der Waals surface area (Å²) in [7, 11) is 0. The van der Waals surface area contributed by atoms with Gasteiger partial charge in [0.1, 0.15) is 11.4 Å². The van der Waals surface area contributed by atoms with Crippen LogP contribution in [0.1, 0.15) is 0 Å². The molecule has 0 saturated heterocycles. The van der Waals surface area contributed by atoms with Gasteiger partial charge in [-0.15, -0.1) is 0 Å². The highest BCUT2D eigenvalue weighted by Gasteiger charge is 2.20. The average molecular weight is 601 g/mol. The summed E-state index contributed by atoms with van der Waals surface area (Å²) in [4.78, 5) is 10.2. The van der Waals surface area contributed by atoms with Crippen molar-refractivity contribution in [1.82, 2.24) is 18.8 Å². The summed E-state index contributed by atoms with van der Waals surface area (Å²) in [5.41, 5.74) is 11.4. The maximum Gasteiger partial charge on any atom is 0.150 e. The van der Waals surface area contributed by atoms with E-state index in [0.29, 0.717) is 0 Å². The molecule has 0 spiro atoms. The third-order valence-corrected chi connectivity index (χ3v) is 9.96. The number of hydrogen-bond donors (Lipinski definition) is 1. The molecule has 5 nitrogen and oxygen atoms in total. The van der Waals surface area contributed by atoms with Gasteiger partial charge in [0, 0.05) is 44.3 Å². The summed E-state index contributed by atoms with van der Waals surface area (Å²) in [6.07, 6.45) is 2.03. The van der Waals surface area contributed by atoms with Crippen molar-refractivity contribution in [3.05, 3.63) is 140 Å². The predicted octanol–water partition coefficient (Wildman–Crippen LogP) is 10.4. The number of para-hydroxylation sites is 4. The van der Waals surface area contributed by atoms with Crippen LogP contribution in [-0.4, -0.2) is 23.9 Å². The SMILES string of the molecule is Oc1cccc2c3ccccc3n3c4cccc(-c5cccc(-c6cc7c(cn6)c6cccc8c9ccccc9n7c86)c5)c4nc3c12. The van der Waals surface area contributed by atoms with E-state index in [1.807, 2.05) is 18.3 Å². The molecule has 0 fully saturated rings. The summed E-state index contributed by atoms with van der Waals surface area (Å²) in [5.74, 6) is 0.231. The molecule has 0 aliphatic heterocycles. The maximum absolute atomic E-state index is 11.1. The second-order valence-electron chi connectivity index (χ2n) is 12.4. The highest BCUT2D eigenvalue weighted by Crippen LogP contribution is 2.41. The average Bonchev–Trinajstić information content (AvgIpc) is 3.79. The maximum atomic E-state index is 11.1. The Balaban J connectivity index is 1.15. The minimum atomic E-state index is 0.231. The molecular weight excluding hydrogens is 576 g/mol. The van der Waals surface area contributed by atoms with Gasteiger partial charge in [-0.05, 0) is 47.3 Å². The van der Waals surface area contributed by atoms with Crippen molar-refractivity contribution in [3.63, 3.8) is 0 Å². The molecule has 11 rings (SSSR count). The molecule has 5 heteroatoms. The molecule has 5 heterocycles. The zero-order valence-corrected chi connectivity index (χ0v) is 25.0. The summed E-state index contributed by atoms with van der Waals surface area (Å²) >= 11 is 0. The van der Waals surface area contributed by atoms with Gasteiger partial charge in [0.2, 0.25) is 0 Å². The van der Waals surface area contributed by atoms with E-state index in [9.17, 15) is 5.11 Å². The first-order chi connectivity index (χ1) is 23.2. The number of imidazole rings is 1. The summed E-state index contributed by atoms with van der Waals surface area (Å²) in [6.45, 7) is 0. The van der Waals surface area contributed by atoms with Gasteiger partial charge in [0.15, 0.2) is 0 Å². The second kappa shape index (κ2) is 8.83. The lowest BCUT2D eigenvalue weighted by molar-refractivity contribution is 0.482. The van der Waals surface area contributed by atoms with Crippen molar-refractivity contribution >= 4 is 76.5 Å². The Hall–Kier alpha value is -6.46. The van der Waals surface area contributed by atoms with Crippen LogP contribution in [0, 0.1) is 0 Å². The van der Waals surface area contributed by atoms with Gasteiger partial charge in [-0.3, -0.25) is 9.38 Å². The second-order valence-corrected chi connectivity index (χ2v) is 12.4. The van der Waals surface area contributed by atoms with Gasteiger partial charge in [-0.1, -0.05) is 97.1 Å². The fourth-order valence-corrected chi connectivity index (χ4v) is 7.97. The zero-order valence-electron chi connectivity index (χ0n) is 25.0. The number of rotatable bonds is 2. The number of nitrogens with zero attached hydrogens (tertiary/aromatic N) is 4. The quantitative estimate of drug-likeness (QED) is 0.201. The normalized spacial score (nSPS) is 12.3. The topological polar surface area (TPSA) is 54.8 Å². The molecule has 0 aliphatic rings. The predicted molar refractivity (Wildman–Crippen MR) is 193 cm³/mol. The summed E-state index contributed by atoms with van der Waals surface area (Å²) in [5, 5.41) is 18.8. The molecule has 0 aliphatic carbocycles. The molecule has 0 bridgehead atoms. The van der Waals surface area contributed by atoms with Crippen LogP contribution in [0.15, 0.2) is 140 Å². The zero-order chi connectivity index (χ0) is 30.8. The van der Waals surface area contributed by atoms with E-state index in [1.165, 1.54) is 27.2 Å². The third kappa shape index (κ3) is 3.17. The molecule has 0 amide bonds. The van der Waals surface area contributed by atoms with Gasteiger partial charge in [-0.25, -0.2) is 4.98 Å². The van der Waals surface area contributed by atoms with Crippen LogP contribution < -0.4 is 0 Å². The number of phenols is 1. The van der Waals surface area contributed by atoms with Crippen molar-refractivity contribution in [2.75, 3.05) is 0 Å². The lowest BCUT2D eigenvalue weighted by atomic mass is 10.00. The molecule has 47 heavy (non-hydrogen) atoms. The van der Waals surface area contributed by atoms with E-state index in [2.05, 4.69) is 124 Å².